The van der Waals surface area contributed by atoms with E-state index in [4.69, 9.17) is 0 Å². The zero-order valence-electron chi connectivity index (χ0n) is 11.4. The Morgan fingerprint density at radius 1 is 1.22 bits per heavy atom. The van der Waals surface area contributed by atoms with Crippen molar-refractivity contribution in [1.29, 1.82) is 0 Å². The van der Waals surface area contributed by atoms with Crippen molar-refractivity contribution < 1.29 is 4.79 Å². The molecule has 0 saturated carbocycles. The fourth-order valence-corrected chi connectivity index (χ4v) is 3.92. The molecule has 2 aliphatic rings. The maximum Gasteiger partial charge on any atom is 0.151 e. The highest BCUT2D eigenvalue weighted by Gasteiger charge is 2.33. The Morgan fingerprint density at radius 2 is 2.06 bits per heavy atom. The van der Waals surface area contributed by atoms with Crippen molar-refractivity contribution >= 4 is 6.29 Å². The zero-order valence-corrected chi connectivity index (χ0v) is 11.4. The van der Waals surface area contributed by atoms with Crippen LogP contribution in [0.15, 0.2) is 6.07 Å². The van der Waals surface area contributed by atoms with Crippen LogP contribution < -0.4 is 0 Å². The van der Waals surface area contributed by atoms with E-state index in [0.29, 0.717) is 6.04 Å². The first kappa shape index (κ1) is 12.0. The number of aldehydes is 1. The molecular formula is C15H22N2O. The van der Waals surface area contributed by atoms with Crippen LogP contribution >= 0.6 is 0 Å². The molecule has 2 aliphatic heterocycles. The molecule has 0 aliphatic carbocycles. The van der Waals surface area contributed by atoms with E-state index in [2.05, 4.69) is 23.3 Å². The maximum atomic E-state index is 11.0. The minimum absolute atomic E-state index is 0.595. The van der Waals surface area contributed by atoms with Gasteiger partial charge in [0.1, 0.15) is 0 Å². The summed E-state index contributed by atoms with van der Waals surface area (Å²) in [5.41, 5.74) is 3.26. The van der Waals surface area contributed by atoms with Gasteiger partial charge < -0.3 is 9.47 Å². The van der Waals surface area contributed by atoms with Crippen molar-refractivity contribution in [1.82, 2.24) is 9.47 Å². The van der Waals surface area contributed by atoms with E-state index in [-0.39, 0.29) is 0 Å². The highest BCUT2D eigenvalue weighted by Crippen LogP contribution is 2.35. The molecule has 0 bridgehead atoms. The molecule has 0 aromatic carbocycles. The summed E-state index contributed by atoms with van der Waals surface area (Å²) in [6.45, 7) is 6.72. The standard InChI is InChI=1S/C15H22N2O/c1-11-8-13(10-18)12(2)17(11)15-5-7-16-6-3-4-14(16)9-15/h8,10,14-15H,3-7,9H2,1-2H3. The van der Waals surface area contributed by atoms with Gasteiger partial charge in [-0.3, -0.25) is 4.79 Å². The molecule has 0 N–H and O–H groups in total. The van der Waals surface area contributed by atoms with Crippen molar-refractivity contribution in [3.63, 3.8) is 0 Å². The fourth-order valence-electron chi connectivity index (χ4n) is 3.92. The largest absolute Gasteiger partial charge is 0.345 e. The van der Waals surface area contributed by atoms with Gasteiger partial charge in [0.2, 0.25) is 0 Å². The van der Waals surface area contributed by atoms with Crippen LogP contribution in [0.2, 0.25) is 0 Å². The molecule has 18 heavy (non-hydrogen) atoms. The molecule has 0 spiro atoms. The molecule has 2 atom stereocenters. The number of aromatic nitrogens is 1. The molecule has 3 nitrogen and oxygen atoms in total. The summed E-state index contributed by atoms with van der Waals surface area (Å²) in [5, 5.41) is 0. The molecule has 1 aromatic rings. The van der Waals surface area contributed by atoms with Gasteiger partial charge in [0.05, 0.1) is 0 Å². The Kier molecular flexibility index (Phi) is 3.02. The molecule has 3 heteroatoms. The lowest BCUT2D eigenvalue weighted by atomic mass is 9.97. The first-order valence-corrected chi connectivity index (χ1v) is 7.08. The van der Waals surface area contributed by atoms with Gasteiger partial charge >= 0.3 is 0 Å². The molecule has 2 fully saturated rings. The SMILES string of the molecule is Cc1cc(C=O)c(C)n1C1CCN2CCCC2C1. The van der Waals surface area contributed by atoms with E-state index in [1.807, 2.05) is 6.07 Å². The average Bonchev–Trinajstić information content (AvgIpc) is 2.93. The Balaban J connectivity index is 1.86. The molecule has 3 rings (SSSR count). The third-order valence-corrected chi connectivity index (χ3v) is 4.81. The van der Waals surface area contributed by atoms with Crippen molar-refractivity contribution in [2.75, 3.05) is 13.1 Å². The predicted octanol–water partition coefficient (Wildman–Crippen LogP) is 2.72. The van der Waals surface area contributed by atoms with Gasteiger partial charge in [0.15, 0.2) is 6.29 Å². The van der Waals surface area contributed by atoms with E-state index in [0.717, 1.165) is 23.6 Å². The molecule has 0 amide bonds. The Bertz CT molecular complexity index is 463. The molecule has 2 unspecified atom stereocenters. The topological polar surface area (TPSA) is 25.2 Å². The third-order valence-electron chi connectivity index (χ3n) is 4.81. The van der Waals surface area contributed by atoms with Crippen LogP contribution in [-0.4, -0.2) is 34.9 Å². The van der Waals surface area contributed by atoms with Crippen molar-refractivity contribution in [3.8, 4) is 0 Å². The molecule has 3 heterocycles. The zero-order chi connectivity index (χ0) is 12.7. The molecule has 98 valence electrons. The normalized spacial score (nSPS) is 28.3. The number of nitrogens with zero attached hydrogens (tertiary/aromatic N) is 2. The van der Waals surface area contributed by atoms with Crippen molar-refractivity contribution in [2.45, 2.75) is 51.6 Å². The molecular weight excluding hydrogens is 224 g/mol. The second-order valence-electron chi connectivity index (χ2n) is 5.82. The van der Waals surface area contributed by atoms with Gasteiger partial charge in [0.25, 0.3) is 0 Å². The van der Waals surface area contributed by atoms with Gasteiger partial charge in [-0.15, -0.1) is 0 Å². The number of piperidine rings is 1. The quantitative estimate of drug-likeness (QED) is 0.750. The van der Waals surface area contributed by atoms with E-state index in [1.54, 1.807) is 0 Å². The van der Waals surface area contributed by atoms with Crippen LogP contribution in [-0.2, 0) is 0 Å². The number of hydrogen-bond donors (Lipinski definition) is 0. The molecule has 1 aromatic heterocycles. The van der Waals surface area contributed by atoms with Crippen LogP contribution in [0, 0.1) is 13.8 Å². The summed E-state index contributed by atoms with van der Waals surface area (Å²) in [5.74, 6) is 0. The number of aryl methyl sites for hydroxylation is 1. The third kappa shape index (κ3) is 1.81. The van der Waals surface area contributed by atoms with Crippen molar-refractivity contribution in [3.05, 3.63) is 23.0 Å². The molecule has 2 saturated heterocycles. The van der Waals surface area contributed by atoms with E-state index in [9.17, 15) is 4.79 Å². The lowest BCUT2D eigenvalue weighted by Gasteiger charge is -2.36. The fraction of sp³-hybridized carbons (Fsp3) is 0.667. The summed E-state index contributed by atoms with van der Waals surface area (Å²) in [6, 6.07) is 3.41. The van der Waals surface area contributed by atoms with Gasteiger partial charge in [0, 0.05) is 35.6 Å². The number of hydrogen-bond acceptors (Lipinski definition) is 2. The number of rotatable bonds is 2. The van der Waals surface area contributed by atoms with E-state index < -0.39 is 0 Å². The van der Waals surface area contributed by atoms with Crippen LogP contribution in [0.25, 0.3) is 0 Å². The van der Waals surface area contributed by atoms with Gasteiger partial charge in [-0.2, -0.15) is 0 Å². The number of carbonyl (C=O) groups excluding carboxylic acids is 1. The van der Waals surface area contributed by atoms with Crippen LogP contribution in [0.3, 0.4) is 0 Å². The summed E-state index contributed by atoms with van der Waals surface area (Å²) in [7, 11) is 0. The second kappa shape index (κ2) is 4.54. The van der Waals surface area contributed by atoms with Crippen LogP contribution in [0.5, 0.6) is 0 Å². The average molecular weight is 246 g/mol. The van der Waals surface area contributed by atoms with E-state index >= 15 is 0 Å². The first-order valence-electron chi connectivity index (χ1n) is 7.08. The lowest BCUT2D eigenvalue weighted by Crippen LogP contribution is -2.39. The predicted molar refractivity (Wildman–Crippen MR) is 72.2 cm³/mol. The van der Waals surface area contributed by atoms with Crippen LogP contribution in [0.4, 0.5) is 0 Å². The van der Waals surface area contributed by atoms with Gasteiger partial charge in [-0.25, -0.2) is 0 Å². The number of carbonyl (C=O) groups is 1. The number of fused-ring (bicyclic) bond motifs is 1. The minimum atomic E-state index is 0.595. The smallest absolute Gasteiger partial charge is 0.151 e. The summed E-state index contributed by atoms with van der Waals surface area (Å²) in [6.07, 6.45) is 6.19. The Hall–Kier alpha value is -1.09. The van der Waals surface area contributed by atoms with Crippen molar-refractivity contribution in [2.24, 2.45) is 0 Å². The summed E-state index contributed by atoms with van der Waals surface area (Å²) >= 11 is 0. The monoisotopic (exact) mass is 246 g/mol. The first-order chi connectivity index (χ1) is 8.70. The maximum absolute atomic E-state index is 11.0. The summed E-state index contributed by atoms with van der Waals surface area (Å²) in [4.78, 5) is 13.7. The van der Waals surface area contributed by atoms with Gasteiger partial charge in [-0.1, -0.05) is 0 Å². The Morgan fingerprint density at radius 3 is 2.78 bits per heavy atom. The van der Waals surface area contributed by atoms with Gasteiger partial charge in [-0.05, 0) is 52.1 Å². The highest BCUT2D eigenvalue weighted by molar-refractivity contribution is 5.77. The lowest BCUT2D eigenvalue weighted by molar-refractivity contribution is 0.112. The van der Waals surface area contributed by atoms with Crippen LogP contribution in [0.1, 0.15) is 53.5 Å². The minimum Gasteiger partial charge on any atom is -0.345 e. The summed E-state index contributed by atoms with van der Waals surface area (Å²) < 4.78 is 2.40. The molecule has 0 radical (unpaired) electrons. The Labute approximate surface area is 109 Å². The second-order valence-corrected chi connectivity index (χ2v) is 5.82. The van der Waals surface area contributed by atoms with E-state index in [1.165, 1.54) is 44.5 Å². The highest BCUT2D eigenvalue weighted by atomic mass is 16.1.